The molecular formula is C17H25BrN4O3. The van der Waals surface area contributed by atoms with Crippen molar-refractivity contribution in [3.05, 3.63) is 28.2 Å². The van der Waals surface area contributed by atoms with Crippen LogP contribution in [0.4, 0.5) is 4.79 Å². The van der Waals surface area contributed by atoms with Gasteiger partial charge in [-0.25, -0.2) is 9.79 Å². The number of benzene rings is 1. The van der Waals surface area contributed by atoms with E-state index in [1.807, 2.05) is 25.1 Å². The summed E-state index contributed by atoms with van der Waals surface area (Å²) in [6.07, 6.45) is 1.40. The van der Waals surface area contributed by atoms with Gasteiger partial charge in [0, 0.05) is 19.1 Å². The molecule has 0 unspecified atom stereocenters. The molecule has 1 aromatic rings. The lowest BCUT2D eigenvalue weighted by Crippen LogP contribution is -2.48. The number of nitrogens with two attached hydrogens (primary N) is 1. The quantitative estimate of drug-likeness (QED) is 0.572. The molecule has 3 N–H and O–H groups in total. The van der Waals surface area contributed by atoms with E-state index in [4.69, 9.17) is 15.2 Å². The van der Waals surface area contributed by atoms with Crippen LogP contribution in [0, 0.1) is 0 Å². The number of nitrogens with one attached hydrogen (secondary N) is 1. The molecule has 7 nitrogen and oxygen atoms in total. The van der Waals surface area contributed by atoms with Gasteiger partial charge in [0.15, 0.2) is 5.96 Å². The zero-order valence-corrected chi connectivity index (χ0v) is 16.2. The maximum atomic E-state index is 11.7. The van der Waals surface area contributed by atoms with Crippen LogP contribution in [0.15, 0.2) is 27.7 Å². The van der Waals surface area contributed by atoms with Gasteiger partial charge < -0.3 is 25.4 Å². The molecule has 0 aliphatic carbocycles. The van der Waals surface area contributed by atoms with Gasteiger partial charge in [0.25, 0.3) is 0 Å². The molecule has 1 aliphatic rings. The van der Waals surface area contributed by atoms with E-state index in [0.29, 0.717) is 32.2 Å². The lowest BCUT2D eigenvalue weighted by atomic mass is 10.1. The Hall–Kier alpha value is -1.96. The molecule has 0 atom stereocenters. The van der Waals surface area contributed by atoms with E-state index < -0.39 is 0 Å². The van der Waals surface area contributed by atoms with Crippen LogP contribution >= 0.6 is 15.9 Å². The lowest BCUT2D eigenvalue weighted by molar-refractivity contribution is 0.0963. The number of hydrogen-bond donors (Lipinski definition) is 2. The smallest absolute Gasteiger partial charge is 0.409 e. The fraction of sp³-hybridized carbons (Fsp3) is 0.529. The first kappa shape index (κ1) is 19.4. The number of hydrogen-bond acceptors (Lipinski definition) is 4. The molecule has 1 heterocycles. The van der Waals surface area contributed by atoms with Crippen LogP contribution in [0.25, 0.3) is 0 Å². The normalized spacial score (nSPS) is 15.8. The van der Waals surface area contributed by atoms with Crippen LogP contribution in [-0.4, -0.2) is 49.8 Å². The number of amides is 1. The van der Waals surface area contributed by atoms with Crippen molar-refractivity contribution in [2.75, 3.05) is 26.8 Å². The number of nitrogens with zero attached hydrogens (tertiary/aromatic N) is 2. The van der Waals surface area contributed by atoms with Gasteiger partial charge in [-0.3, -0.25) is 0 Å². The van der Waals surface area contributed by atoms with Gasteiger partial charge in [-0.15, -0.1) is 0 Å². The van der Waals surface area contributed by atoms with Gasteiger partial charge in [-0.05, 0) is 53.4 Å². The third kappa shape index (κ3) is 5.81. The molecular weight excluding hydrogens is 388 g/mol. The van der Waals surface area contributed by atoms with Crippen molar-refractivity contribution in [1.82, 2.24) is 10.2 Å². The Balaban J connectivity index is 1.80. The highest BCUT2D eigenvalue weighted by molar-refractivity contribution is 9.10. The molecule has 25 heavy (non-hydrogen) atoms. The van der Waals surface area contributed by atoms with Crippen LogP contribution in [-0.2, 0) is 11.3 Å². The molecule has 8 heteroatoms. The van der Waals surface area contributed by atoms with Crippen LogP contribution < -0.4 is 15.8 Å². The number of rotatable bonds is 5. The monoisotopic (exact) mass is 412 g/mol. The van der Waals surface area contributed by atoms with Gasteiger partial charge in [-0.1, -0.05) is 6.07 Å². The van der Waals surface area contributed by atoms with E-state index >= 15 is 0 Å². The second kappa shape index (κ2) is 9.50. The Kier molecular flexibility index (Phi) is 7.36. The molecule has 0 saturated carbocycles. The number of methoxy groups -OCH3 is 1. The molecule has 1 amide bonds. The Morgan fingerprint density at radius 2 is 2.16 bits per heavy atom. The van der Waals surface area contributed by atoms with Gasteiger partial charge in [0.1, 0.15) is 5.75 Å². The Labute approximate surface area is 156 Å². The van der Waals surface area contributed by atoms with Crippen molar-refractivity contribution < 1.29 is 14.3 Å². The number of guanidine groups is 1. The minimum absolute atomic E-state index is 0.219. The summed E-state index contributed by atoms with van der Waals surface area (Å²) in [7, 11) is 1.63. The second-order valence-corrected chi connectivity index (χ2v) is 6.63. The summed E-state index contributed by atoms with van der Waals surface area (Å²) in [5, 5.41) is 3.23. The fourth-order valence-corrected chi connectivity index (χ4v) is 3.25. The van der Waals surface area contributed by atoms with Crippen LogP contribution in [0.3, 0.4) is 0 Å². The first-order valence-electron chi connectivity index (χ1n) is 8.34. The first-order valence-corrected chi connectivity index (χ1v) is 9.13. The number of carbonyl (C=O) groups excluding carboxylic acids is 1. The summed E-state index contributed by atoms with van der Waals surface area (Å²) >= 11 is 3.46. The molecule has 0 radical (unpaired) electrons. The highest BCUT2D eigenvalue weighted by atomic mass is 79.9. The zero-order chi connectivity index (χ0) is 18.2. The van der Waals surface area contributed by atoms with Crippen molar-refractivity contribution >= 4 is 28.0 Å². The van der Waals surface area contributed by atoms with Crippen LogP contribution in [0.1, 0.15) is 25.3 Å². The molecule has 1 aromatic carbocycles. The number of halogens is 1. The molecule has 1 aliphatic heterocycles. The van der Waals surface area contributed by atoms with Crippen molar-refractivity contribution in [2.24, 2.45) is 10.7 Å². The predicted molar refractivity (Wildman–Crippen MR) is 101 cm³/mol. The highest BCUT2D eigenvalue weighted by Gasteiger charge is 2.23. The average Bonchev–Trinajstić information content (AvgIpc) is 2.61. The van der Waals surface area contributed by atoms with Gasteiger partial charge in [0.2, 0.25) is 0 Å². The predicted octanol–water partition coefficient (Wildman–Crippen LogP) is 2.48. The molecule has 2 rings (SSSR count). The number of likely N-dealkylation sites (tertiary alicyclic amines) is 1. The maximum absolute atomic E-state index is 11.7. The molecule has 1 saturated heterocycles. The topological polar surface area (TPSA) is 89.2 Å². The minimum Gasteiger partial charge on any atom is -0.496 e. The molecule has 0 aromatic heterocycles. The number of carbonyl (C=O) groups is 1. The van der Waals surface area contributed by atoms with Crippen molar-refractivity contribution in [2.45, 2.75) is 32.4 Å². The van der Waals surface area contributed by atoms with Crippen molar-refractivity contribution in [1.29, 1.82) is 0 Å². The SMILES string of the molecule is CCOC(=O)N1CCC(NC(N)=NCc2ccc(OC)c(Br)c2)CC1. The number of aliphatic imine (C=N–C) groups is 1. The molecule has 1 fully saturated rings. The zero-order valence-electron chi connectivity index (χ0n) is 14.6. The Morgan fingerprint density at radius 1 is 1.44 bits per heavy atom. The maximum Gasteiger partial charge on any atom is 0.409 e. The first-order chi connectivity index (χ1) is 12.0. The third-order valence-corrected chi connectivity index (χ3v) is 4.64. The fourth-order valence-electron chi connectivity index (χ4n) is 2.66. The number of ether oxygens (including phenoxy) is 2. The van der Waals surface area contributed by atoms with E-state index in [9.17, 15) is 4.79 Å². The third-order valence-electron chi connectivity index (χ3n) is 4.02. The summed E-state index contributed by atoms with van der Waals surface area (Å²) in [5.74, 6) is 1.20. The van der Waals surface area contributed by atoms with Crippen molar-refractivity contribution in [3.63, 3.8) is 0 Å². The highest BCUT2D eigenvalue weighted by Crippen LogP contribution is 2.25. The van der Waals surface area contributed by atoms with Gasteiger partial charge >= 0.3 is 6.09 Å². The van der Waals surface area contributed by atoms with Crippen molar-refractivity contribution in [3.8, 4) is 5.75 Å². The summed E-state index contributed by atoms with van der Waals surface area (Å²) in [6, 6.07) is 6.03. The second-order valence-electron chi connectivity index (χ2n) is 5.77. The minimum atomic E-state index is -0.243. The van der Waals surface area contributed by atoms with E-state index in [0.717, 1.165) is 28.6 Å². The van der Waals surface area contributed by atoms with E-state index in [1.165, 1.54) is 0 Å². The van der Waals surface area contributed by atoms with Gasteiger partial charge in [-0.2, -0.15) is 0 Å². The largest absolute Gasteiger partial charge is 0.496 e. The Morgan fingerprint density at radius 3 is 2.76 bits per heavy atom. The lowest BCUT2D eigenvalue weighted by Gasteiger charge is -2.31. The van der Waals surface area contributed by atoms with E-state index in [-0.39, 0.29) is 12.1 Å². The van der Waals surface area contributed by atoms with Crippen LogP contribution in [0.2, 0.25) is 0 Å². The average molecular weight is 413 g/mol. The summed E-state index contributed by atoms with van der Waals surface area (Å²) in [5.41, 5.74) is 7.02. The molecule has 0 bridgehead atoms. The Bertz CT molecular complexity index is 616. The standard InChI is InChI=1S/C17H25BrN4O3/c1-3-25-17(23)22-8-6-13(7-9-22)21-16(19)20-11-12-4-5-15(24-2)14(18)10-12/h4-5,10,13H,3,6-9,11H2,1-2H3,(H3,19,20,21). The van der Waals surface area contributed by atoms with E-state index in [1.54, 1.807) is 12.0 Å². The molecule has 138 valence electrons. The summed E-state index contributed by atoms with van der Waals surface area (Å²) < 4.78 is 11.1. The van der Waals surface area contributed by atoms with E-state index in [2.05, 4.69) is 26.2 Å². The molecule has 0 spiro atoms. The number of piperidine rings is 1. The summed E-state index contributed by atoms with van der Waals surface area (Å²) in [4.78, 5) is 17.8. The van der Waals surface area contributed by atoms with Gasteiger partial charge in [0.05, 0.1) is 24.7 Å². The summed E-state index contributed by atoms with van der Waals surface area (Å²) in [6.45, 7) is 4.02. The van der Waals surface area contributed by atoms with Crippen LogP contribution in [0.5, 0.6) is 5.75 Å².